The van der Waals surface area contributed by atoms with Crippen LogP contribution >= 0.6 is 11.8 Å². The average Bonchev–Trinajstić information content (AvgIpc) is 2.87. The van der Waals surface area contributed by atoms with Crippen molar-refractivity contribution in [3.63, 3.8) is 0 Å². The number of thioether (sulfide) groups is 1. The van der Waals surface area contributed by atoms with E-state index >= 15 is 0 Å². The van der Waals surface area contributed by atoms with Crippen LogP contribution in [0.15, 0.2) is 4.99 Å². The third-order valence-electron chi connectivity index (χ3n) is 5.14. The molecule has 1 heterocycles. The molecule has 0 aromatic carbocycles. The maximum absolute atomic E-state index is 4.86. The second kappa shape index (κ2) is 5.85. The van der Waals surface area contributed by atoms with Gasteiger partial charge in [0, 0.05) is 17.8 Å². The lowest BCUT2D eigenvalue weighted by molar-refractivity contribution is 0.333. The molecule has 0 atom stereocenters. The fourth-order valence-corrected chi connectivity index (χ4v) is 4.56. The molecule has 1 spiro atoms. The van der Waals surface area contributed by atoms with Gasteiger partial charge in [0.2, 0.25) is 0 Å². The lowest BCUT2D eigenvalue weighted by atomic mass is 9.88. The molecule has 1 aliphatic carbocycles. The van der Waals surface area contributed by atoms with Crippen molar-refractivity contribution in [2.75, 3.05) is 12.3 Å². The molecule has 0 aromatic heterocycles. The van der Waals surface area contributed by atoms with Gasteiger partial charge in [0.1, 0.15) is 0 Å². The van der Waals surface area contributed by atoms with Crippen molar-refractivity contribution < 1.29 is 0 Å². The number of nitrogens with zero attached hydrogens (tertiary/aromatic N) is 1. The fourth-order valence-electron chi connectivity index (χ4n) is 3.30. The van der Waals surface area contributed by atoms with Crippen LogP contribution in [0, 0.1) is 5.41 Å². The van der Waals surface area contributed by atoms with Crippen LogP contribution in [-0.2, 0) is 0 Å². The van der Waals surface area contributed by atoms with E-state index in [2.05, 4.69) is 26.1 Å². The van der Waals surface area contributed by atoms with E-state index in [1.54, 1.807) is 0 Å². The number of amidine groups is 1. The molecule has 1 saturated carbocycles. The van der Waals surface area contributed by atoms with Gasteiger partial charge >= 0.3 is 0 Å². The Bertz CT molecular complexity index is 293. The molecule has 1 aliphatic heterocycles. The zero-order valence-corrected chi connectivity index (χ0v) is 13.0. The van der Waals surface area contributed by atoms with Crippen LogP contribution in [0.1, 0.15) is 65.7 Å². The van der Waals surface area contributed by atoms with E-state index in [4.69, 9.17) is 4.99 Å². The minimum atomic E-state index is 0.270. The highest BCUT2D eigenvalue weighted by Crippen LogP contribution is 2.43. The molecule has 104 valence electrons. The second-order valence-electron chi connectivity index (χ2n) is 6.08. The van der Waals surface area contributed by atoms with Gasteiger partial charge in [-0.25, -0.2) is 0 Å². The van der Waals surface area contributed by atoms with Gasteiger partial charge in [-0.3, -0.25) is 4.99 Å². The van der Waals surface area contributed by atoms with Gasteiger partial charge in [-0.05, 0) is 37.5 Å². The zero-order chi connectivity index (χ0) is 13.1. The minimum absolute atomic E-state index is 0.270. The molecule has 0 amide bonds. The van der Waals surface area contributed by atoms with Crippen molar-refractivity contribution >= 4 is 16.9 Å². The first-order valence-electron chi connectivity index (χ1n) is 7.63. The molecule has 0 radical (unpaired) electrons. The number of aliphatic imine (C=N–C) groups is 1. The van der Waals surface area contributed by atoms with Crippen LogP contribution in [0.4, 0.5) is 0 Å². The standard InChI is InChI=1S/C15H28N2S/c1-4-15(5-2,6-3)17-13-16-11-14(12-18-13)9-7-8-10-14/h4-12H2,1-3H3,(H,16,17). The molecule has 3 heteroatoms. The monoisotopic (exact) mass is 268 g/mol. The van der Waals surface area contributed by atoms with E-state index in [0.29, 0.717) is 5.41 Å². The third kappa shape index (κ3) is 2.87. The summed E-state index contributed by atoms with van der Waals surface area (Å²) in [5, 5.41) is 4.94. The predicted octanol–water partition coefficient (Wildman–Crippen LogP) is 4.21. The summed E-state index contributed by atoms with van der Waals surface area (Å²) in [6.07, 6.45) is 9.19. The van der Waals surface area contributed by atoms with E-state index in [-0.39, 0.29) is 5.54 Å². The number of rotatable bonds is 4. The smallest absolute Gasteiger partial charge is 0.157 e. The maximum atomic E-state index is 4.86. The van der Waals surface area contributed by atoms with Crippen LogP contribution in [-0.4, -0.2) is 23.0 Å². The molecule has 2 aliphatic rings. The first kappa shape index (κ1) is 14.2. The molecule has 2 nitrogen and oxygen atoms in total. The second-order valence-corrected chi connectivity index (χ2v) is 7.05. The molecule has 0 bridgehead atoms. The molecular weight excluding hydrogens is 240 g/mol. The molecule has 1 N–H and O–H groups in total. The van der Waals surface area contributed by atoms with E-state index in [0.717, 1.165) is 6.54 Å². The van der Waals surface area contributed by atoms with E-state index in [1.165, 1.54) is 55.9 Å². The number of hydrogen-bond donors (Lipinski definition) is 1. The SMILES string of the molecule is CCC(CC)(CC)NC1=NCC2(CCCC2)CS1. The summed E-state index contributed by atoms with van der Waals surface area (Å²) in [4.78, 5) is 4.86. The lowest BCUT2D eigenvalue weighted by Gasteiger charge is -2.37. The Morgan fingerprint density at radius 1 is 1.17 bits per heavy atom. The highest BCUT2D eigenvalue weighted by atomic mass is 32.2. The first-order chi connectivity index (χ1) is 8.67. The first-order valence-corrected chi connectivity index (χ1v) is 8.61. The Hall–Kier alpha value is -0.180. The molecule has 1 fully saturated rings. The summed E-state index contributed by atoms with van der Waals surface area (Å²) < 4.78 is 0. The van der Waals surface area contributed by atoms with Crippen LogP contribution < -0.4 is 5.32 Å². The average molecular weight is 268 g/mol. The van der Waals surface area contributed by atoms with Gasteiger partial charge < -0.3 is 5.32 Å². The van der Waals surface area contributed by atoms with Crippen molar-refractivity contribution in [3.8, 4) is 0 Å². The van der Waals surface area contributed by atoms with Crippen molar-refractivity contribution in [3.05, 3.63) is 0 Å². The zero-order valence-electron chi connectivity index (χ0n) is 12.2. The quantitative estimate of drug-likeness (QED) is 0.826. The van der Waals surface area contributed by atoms with Crippen molar-refractivity contribution in [2.24, 2.45) is 10.4 Å². The molecule has 0 saturated heterocycles. The topological polar surface area (TPSA) is 24.4 Å². The van der Waals surface area contributed by atoms with Crippen LogP contribution in [0.5, 0.6) is 0 Å². The van der Waals surface area contributed by atoms with Crippen LogP contribution in [0.25, 0.3) is 0 Å². The van der Waals surface area contributed by atoms with Crippen molar-refractivity contribution in [2.45, 2.75) is 71.3 Å². The highest BCUT2D eigenvalue weighted by Gasteiger charge is 2.37. The van der Waals surface area contributed by atoms with Gasteiger partial charge in [0.15, 0.2) is 5.17 Å². The molecular formula is C15H28N2S. The summed E-state index contributed by atoms with van der Waals surface area (Å²) in [5.41, 5.74) is 0.829. The van der Waals surface area contributed by atoms with Gasteiger partial charge in [-0.2, -0.15) is 0 Å². The Labute approximate surface area is 116 Å². The Balaban J connectivity index is 1.97. The number of hydrogen-bond acceptors (Lipinski definition) is 3. The van der Waals surface area contributed by atoms with E-state index in [9.17, 15) is 0 Å². The number of nitrogens with one attached hydrogen (secondary N) is 1. The van der Waals surface area contributed by atoms with Crippen molar-refractivity contribution in [1.82, 2.24) is 5.32 Å². The fraction of sp³-hybridized carbons (Fsp3) is 0.933. The molecule has 2 rings (SSSR count). The lowest BCUT2D eigenvalue weighted by Crippen LogP contribution is -2.48. The van der Waals surface area contributed by atoms with Gasteiger partial charge in [-0.15, -0.1) is 0 Å². The van der Waals surface area contributed by atoms with Crippen molar-refractivity contribution in [1.29, 1.82) is 0 Å². The van der Waals surface area contributed by atoms with Gasteiger partial charge in [0.05, 0.1) is 0 Å². The summed E-state index contributed by atoms with van der Waals surface area (Å²) >= 11 is 1.97. The normalized spacial score (nSPS) is 23.2. The third-order valence-corrected chi connectivity index (χ3v) is 6.40. The summed E-state index contributed by atoms with van der Waals surface area (Å²) in [6.45, 7) is 7.92. The molecule has 18 heavy (non-hydrogen) atoms. The molecule has 0 aromatic rings. The summed E-state index contributed by atoms with van der Waals surface area (Å²) in [7, 11) is 0. The van der Waals surface area contributed by atoms with Crippen LogP contribution in [0.3, 0.4) is 0 Å². The Morgan fingerprint density at radius 3 is 2.22 bits per heavy atom. The maximum Gasteiger partial charge on any atom is 0.157 e. The van der Waals surface area contributed by atoms with E-state index in [1.807, 2.05) is 11.8 Å². The van der Waals surface area contributed by atoms with E-state index < -0.39 is 0 Å². The van der Waals surface area contributed by atoms with Gasteiger partial charge in [-0.1, -0.05) is 45.4 Å². The largest absolute Gasteiger partial charge is 0.360 e. The van der Waals surface area contributed by atoms with Crippen LogP contribution in [0.2, 0.25) is 0 Å². The Morgan fingerprint density at radius 2 is 1.78 bits per heavy atom. The summed E-state index contributed by atoms with van der Waals surface area (Å²) in [5.74, 6) is 1.28. The molecule has 0 unspecified atom stereocenters. The summed E-state index contributed by atoms with van der Waals surface area (Å²) in [6, 6.07) is 0. The van der Waals surface area contributed by atoms with Gasteiger partial charge in [0.25, 0.3) is 0 Å². The predicted molar refractivity (Wildman–Crippen MR) is 82.4 cm³/mol. The minimum Gasteiger partial charge on any atom is -0.360 e. The Kier molecular flexibility index (Phi) is 4.63. The highest BCUT2D eigenvalue weighted by molar-refractivity contribution is 8.13.